The van der Waals surface area contributed by atoms with E-state index in [1.807, 2.05) is 70.4 Å². The van der Waals surface area contributed by atoms with Crippen LogP contribution in [0.15, 0.2) is 48.8 Å². The van der Waals surface area contributed by atoms with Crippen molar-refractivity contribution in [3.8, 4) is 11.3 Å². The lowest BCUT2D eigenvalue weighted by Crippen LogP contribution is -2.49. The van der Waals surface area contributed by atoms with Crippen LogP contribution in [0.4, 0.5) is 22.0 Å². The molecular weight excluding hydrogens is 434 g/mol. The fourth-order valence-corrected chi connectivity index (χ4v) is 3.59. The lowest BCUT2D eigenvalue weighted by atomic mass is 10.1. The van der Waals surface area contributed by atoms with Crippen molar-refractivity contribution >= 4 is 23.3 Å². The number of rotatable bonds is 6. The zero-order valence-electron chi connectivity index (χ0n) is 20.0. The van der Waals surface area contributed by atoms with E-state index >= 15 is 0 Å². The number of nitrogens with zero attached hydrogens (tertiary/aromatic N) is 5. The van der Waals surface area contributed by atoms with Gasteiger partial charge in [0.2, 0.25) is 0 Å². The molecule has 3 aromatic rings. The van der Waals surface area contributed by atoms with Gasteiger partial charge in [0.1, 0.15) is 11.3 Å². The molecular formula is C24H31N7O3. The van der Waals surface area contributed by atoms with E-state index in [1.165, 1.54) is 0 Å². The van der Waals surface area contributed by atoms with Crippen LogP contribution in [0, 0.1) is 0 Å². The predicted octanol–water partition coefficient (Wildman–Crippen LogP) is 3.67. The van der Waals surface area contributed by atoms with Crippen molar-refractivity contribution < 1.29 is 14.3 Å². The Bertz CT molecular complexity index is 1110. The first-order valence-electron chi connectivity index (χ1n) is 11.3. The maximum atomic E-state index is 12.5. The second kappa shape index (κ2) is 10.1. The molecule has 1 unspecified atom stereocenters. The van der Waals surface area contributed by atoms with Crippen LogP contribution in [-0.4, -0.2) is 68.9 Å². The van der Waals surface area contributed by atoms with E-state index in [4.69, 9.17) is 9.47 Å². The molecule has 10 heteroatoms. The zero-order chi connectivity index (χ0) is 24.1. The van der Waals surface area contributed by atoms with E-state index in [-0.39, 0.29) is 12.2 Å². The van der Waals surface area contributed by atoms with Gasteiger partial charge in [0.05, 0.1) is 36.8 Å². The number of ether oxygens (including phenoxy) is 2. The molecule has 1 aromatic carbocycles. The fraction of sp³-hybridized carbons (Fsp3) is 0.417. The highest BCUT2D eigenvalue weighted by Gasteiger charge is 2.28. The van der Waals surface area contributed by atoms with Crippen molar-refractivity contribution in [2.24, 2.45) is 7.05 Å². The lowest BCUT2D eigenvalue weighted by Gasteiger charge is -2.34. The van der Waals surface area contributed by atoms with Gasteiger partial charge in [-0.05, 0) is 20.8 Å². The molecule has 0 saturated carbocycles. The van der Waals surface area contributed by atoms with Crippen molar-refractivity contribution in [1.82, 2.24) is 24.9 Å². The standard InChI is InChI=1S/C24H31N7O3/c1-24(2,3)34-23(32)31-10-11-33-19(16-31)14-25-20-12-21(27-18-13-26-30(4)15-18)28-29-22(20)17-8-6-5-7-9-17/h5-9,12-13,15,19H,10-11,14,16H2,1-4H3,(H2,25,27,28). The van der Waals surface area contributed by atoms with Crippen LogP contribution in [0.3, 0.4) is 0 Å². The highest BCUT2D eigenvalue weighted by molar-refractivity contribution is 5.76. The Hall–Kier alpha value is -3.66. The van der Waals surface area contributed by atoms with Crippen molar-refractivity contribution in [3.63, 3.8) is 0 Å². The summed E-state index contributed by atoms with van der Waals surface area (Å²) in [6.45, 7) is 7.50. The molecule has 34 heavy (non-hydrogen) atoms. The number of hydrogen-bond donors (Lipinski definition) is 2. The summed E-state index contributed by atoms with van der Waals surface area (Å²) in [6, 6.07) is 11.8. The van der Waals surface area contributed by atoms with Gasteiger partial charge < -0.3 is 25.0 Å². The van der Waals surface area contributed by atoms with Gasteiger partial charge in [0, 0.05) is 38.0 Å². The number of anilines is 3. The Labute approximate surface area is 199 Å². The normalized spacial score (nSPS) is 16.2. The van der Waals surface area contributed by atoms with Crippen LogP contribution < -0.4 is 10.6 Å². The Morgan fingerprint density at radius 2 is 2.03 bits per heavy atom. The maximum Gasteiger partial charge on any atom is 0.410 e. The average molecular weight is 466 g/mol. The second-order valence-corrected chi connectivity index (χ2v) is 9.19. The average Bonchev–Trinajstić information content (AvgIpc) is 3.22. The molecule has 1 saturated heterocycles. The van der Waals surface area contributed by atoms with Gasteiger partial charge in [-0.1, -0.05) is 30.3 Å². The predicted molar refractivity (Wildman–Crippen MR) is 130 cm³/mol. The van der Waals surface area contributed by atoms with Crippen LogP contribution in [0.5, 0.6) is 0 Å². The molecule has 0 bridgehead atoms. The lowest BCUT2D eigenvalue weighted by molar-refractivity contribution is -0.0371. The molecule has 0 radical (unpaired) electrons. The number of aryl methyl sites for hydroxylation is 1. The molecule has 10 nitrogen and oxygen atoms in total. The number of morpholine rings is 1. The molecule has 0 spiro atoms. The number of hydrogen-bond acceptors (Lipinski definition) is 8. The third-order valence-corrected chi connectivity index (χ3v) is 5.13. The molecule has 1 amide bonds. The summed E-state index contributed by atoms with van der Waals surface area (Å²) in [6.07, 6.45) is 3.08. The summed E-state index contributed by atoms with van der Waals surface area (Å²) in [4.78, 5) is 14.2. The van der Waals surface area contributed by atoms with Gasteiger partial charge in [0.25, 0.3) is 0 Å². The van der Waals surface area contributed by atoms with E-state index in [0.29, 0.717) is 32.1 Å². The fourth-order valence-electron chi connectivity index (χ4n) is 3.59. The van der Waals surface area contributed by atoms with Crippen LogP contribution >= 0.6 is 0 Å². The molecule has 1 aliphatic rings. The van der Waals surface area contributed by atoms with Gasteiger partial charge >= 0.3 is 6.09 Å². The third-order valence-electron chi connectivity index (χ3n) is 5.13. The zero-order valence-corrected chi connectivity index (χ0v) is 20.0. The first kappa shape index (κ1) is 23.5. The number of nitrogens with one attached hydrogen (secondary N) is 2. The molecule has 3 heterocycles. The van der Waals surface area contributed by atoms with E-state index in [0.717, 1.165) is 22.6 Å². The van der Waals surface area contributed by atoms with Crippen molar-refractivity contribution in [1.29, 1.82) is 0 Å². The summed E-state index contributed by atoms with van der Waals surface area (Å²) in [5, 5.41) is 19.7. The summed E-state index contributed by atoms with van der Waals surface area (Å²) in [5.41, 5.74) is 2.78. The van der Waals surface area contributed by atoms with Gasteiger partial charge in [0.15, 0.2) is 5.82 Å². The Morgan fingerprint density at radius 1 is 1.24 bits per heavy atom. The number of aromatic nitrogens is 4. The number of carbonyl (C=O) groups excluding carboxylic acids is 1. The third kappa shape index (κ3) is 6.22. The maximum absolute atomic E-state index is 12.5. The number of benzene rings is 1. The first-order chi connectivity index (χ1) is 16.3. The molecule has 2 N–H and O–H groups in total. The van der Waals surface area contributed by atoms with Crippen molar-refractivity contribution in [2.45, 2.75) is 32.5 Å². The van der Waals surface area contributed by atoms with Crippen molar-refractivity contribution in [2.75, 3.05) is 36.9 Å². The quantitative estimate of drug-likeness (QED) is 0.568. The molecule has 1 aliphatic heterocycles. The smallest absolute Gasteiger partial charge is 0.410 e. The highest BCUT2D eigenvalue weighted by Crippen LogP contribution is 2.28. The van der Waals surface area contributed by atoms with E-state index in [1.54, 1.807) is 15.8 Å². The summed E-state index contributed by atoms with van der Waals surface area (Å²) < 4.78 is 13.1. The molecule has 1 atom stereocenters. The van der Waals surface area contributed by atoms with Crippen LogP contribution in [0.1, 0.15) is 20.8 Å². The van der Waals surface area contributed by atoms with Crippen LogP contribution in [0.25, 0.3) is 11.3 Å². The Kier molecular flexibility index (Phi) is 6.97. The number of carbonyl (C=O) groups is 1. The van der Waals surface area contributed by atoms with E-state index < -0.39 is 5.60 Å². The van der Waals surface area contributed by atoms with Gasteiger partial charge in [-0.15, -0.1) is 10.2 Å². The summed E-state index contributed by atoms with van der Waals surface area (Å²) >= 11 is 0. The van der Waals surface area contributed by atoms with Crippen LogP contribution in [0.2, 0.25) is 0 Å². The van der Waals surface area contributed by atoms with E-state index in [2.05, 4.69) is 25.9 Å². The minimum atomic E-state index is -0.534. The second-order valence-electron chi connectivity index (χ2n) is 9.19. The molecule has 4 rings (SSSR count). The van der Waals surface area contributed by atoms with Gasteiger partial charge in [-0.3, -0.25) is 4.68 Å². The molecule has 180 valence electrons. The van der Waals surface area contributed by atoms with Crippen molar-refractivity contribution in [3.05, 3.63) is 48.8 Å². The molecule has 1 fully saturated rings. The van der Waals surface area contributed by atoms with E-state index in [9.17, 15) is 4.79 Å². The van der Waals surface area contributed by atoms with Gasteiger partial charge in [-0.2, -0.15) is 5.10 Å². The van der Waals surface area contributed by atoms with Crippen LogP contribution in [-0.2, 0) is 16.5 Å². The minimum absolute atomic E-state index is 0.187. The summed E-state index contributed by atoms with van der Waals surface area (Å²) in [5.74, 6) is 0.593. The SMILES string of the molecule is Cn1cc(Nc2cc(NCC3CN(C(=O)OC(C)(C)C)CCO3)c(-c3ccccc3)nn2)cn1. The monoisotopic (exact) mass is 465 g/mol. The Morgan fingerprint density at radius 3 is 2.74 bits per heavy atom. The molecule has 2 aromatic heterocycles. The highest BCUT2D eigenvalue weighted by atomic mass is 16.6. The molecule has 0 aliphatic carbocycles. The largest absolute Gasteiger partial charge is 0.444 e. The number of amides is 1. The first-order valence-corrected chi connectivity index (χ1v) is 11.3. The topological polar surface area (TPSA) is 106 Å². The van der Waals surface area contributed by atoms with Gasteiger partial charge in [-0.25, -0.2) is 4.79 Å². The minimum Gasteiger partial charge on any atom is -0.444 e. The Balaban J connectivity index is 1.48. The summed E-state index contributed by atoms with van der Waals surface area (Å²) in [7, 11) is 1.85.